The predicted molar refractivity (Wildman–Crippen MR) is 109 cm³/mol. The lowest BCUT2D eigenvalue weighted by molar-refractivity contribution is -0.147. The van der Waals surface area contributed by atoms with Crippen LogP contribution in [0.1, 0.15) is 51.4 Å². The number of carbonyl (C=O) groups excluding carboxylic acids is 2. The molecule has 6 nitrogen and oxygen atoms in total. The number of morpholine rings is 1. The first kappa shape index (κ1) is 20.6. The molecule has 0 atom stereocenters. The molecule has 0 bridgehead atoms. The Morgan fingerprint density at radius 2 is 1.79 bits per heavy atom. The minimum absolute atomic E-state index is 0.229. The van der Waals surface area contributed by atoms with Gasteiger partial charge in [0.15, 0.2) is 6.61 Å². The van der Waals surface area contributed by atoms with Crippen molar-refractivity contribution in [1.29, 1.82) is 0 Å². The fraction of sp³-hybridized carbons (Fsp3) is 0.636. The fourth-order valence-corrected chi connectivity index (χ4v) is 4.00. The van der Waals surface area contributed by atoms with E-state index in [1.807, 2.05) is 24.3 Å². The average Bonchev–Trinajstić information content (AvgIpc) is 2.74. The van der Waals surface area contributed by atoms with Gasteiger partial charge in [-0.15, -0.1) is 0 Å². The molecule has 1 heterocycles. The van der Waals surface area contributed by atoms with Crippen molar-refractivity contribution in [2.45, 2.75) is 51.4 Å². The normalized spacial score (nSPS) is 17.9. The Kier molecular flexibility index (Phi) is 8.15. The maximum Gasteiger partial charge on any atom is 0.306 e. The molecule has 28 heavy (non-hydrogen) atoms. The van der Waals surface area contributed by atoms with E-state index in [0.29, 0.717) is 12.1 Å². The Bertz CT molecular complexity index is 620. The first-order valence-electron chi connectivity index (χ1n) is 10.6. The van der Waals surface area contributed by atoms with E-state index in [1.54, 1.807) is 0 Å². The number of nitrogens with zero attached hydrogens (tertiary/aromatic N) is 1. The van der Waals surface area contributed by atoms with E-state index in [4.69, 9.17) is 9.47 Å². The smallest absolute Gasteiger partial charge is 0.306 e. The number of rotatable bonds is 8. The van der Waals surface area contributed by atoms with Gasteiger partial charge in [0, 0.05) is 30.9 Å². The van der Waals surface area contributed by atoms with Crippen LogP contribution in [-0.4, -0.2) is 44.8 Å². The standard InChI is InChI=1S/C22H32N2O4/c25-21(17-28-22(26)8-4-7-18-5-2-1-3-6-18)23-19-9-11-20(12-10-19)24-13-15-27-16-14-24/h9-12,18H,1-8,13-17H2,(H,23,25). The molecule has 6 heteroatoms. The molecule has 0 unspecified atom stereocenters. The van der Waals surface area contributed by atoms with Gasteiger partial charge in [0.2, 0.25) is 0 Å². The van der Waals surface area contributed by atoms with Crippen LogP contribution in [0, 0.1) is 5.92 Å². The molecule has 1 aliphatic heterocycles. The van der Waals surface area contributed by atoms with E-state index >= 15 is 0 Å². The van der Waals surface area contributed by atoms with E-state index in [0.717, 1.165) is 50.8 Å². The predicted octanol–water partition coefficient (Wildman–Crippen LogP) is 3.76. The summed E-state index contributed by atoms with van der Waals surface area (Å²) >= 11 is 0. The summed E-state index contributed by atoms with van der Waals surface area (Å²) in [7, 11) is 0. The van der Waals surface area contributed by atoms with Crippen molar-refractivity contribution in [2.24, 2.45) is 5.92 Å². The number of hydrogen-bond donors (Lipinski definition) is 1. The summed E-state index contributed by atoms with van der Waals surface area (Å²) in [6, 6.07) is 7.71. The van der Waals surface area contributed by atoms with E-state index in [1.165, 1.54) is 32.1 Å². The maximum absolute atomic E-state index is 12.0. The molecule has 1 aromatic rings. The lowest BCUT2D eigenvalue weighted by Gasteiger charge is -2.28. The molecule has 1 aliphatic carbocycles. The summed E-state index contributed by atoms with van der Waals surface area (Å²) < 4.78 is 10.5. The minimum Gasteiger partial charge on any atom is -0.456 e. The van der Waals surface area contributed by atoms with Crippen LogP contribution >= 0.6 is 0 Å². The third-order valence-electron chi connectivity index (χ3n) is 5.61. The van der Waals surface area contributed by atoms with Gasteiger partial charge in [0.1, 0.15) is 0 Å². The van der Waals surface area contributed by atoms with E-state index in [9.17, 15) is 9.59 Å². The Morgan fingerprint density at radius 3 is 2.50 bits per heavy atom. The largest absolute Gasteiger partial charge is 0.456 e. The molecule has 2 aliphatic rings. The molecule has 0 radical (unpaired) electrons. The topological polar surface area (TPSA) is 67.9 Å². The highest BCUT2D eigenvalue weighted by Crippen LogP contribution is 2.27. The van der Waals surface area contributed by atoms with Gasteiger partial charge < -0.3 is 19.7 Å². The Morgan fingerprint density at radius 1 is 1.07 bits per heavy atom. The van der Waals surface area contributed by atoms with Crippen molar-refractivity contribution in [3.05, 3.63) is 24.3 Å². The number of esters is 1. The van der Waals surface area contributed by atoms with E-state index in [2.05, 4.69) is 10.2 Å². The Balaban J connectivity index is 1.31. The molecule has 0 aromatic heterocycles. The molecular weight excluding hydrogens is 356 g/mol. The van der Waals surface area contributed by atoms with Gasteiger partial charge in [-0.25, -0.2) is 0 Å². The molecule has 1 amide bonds. The fourth-order valence-electron chi connectivity index (χ4n) is 4.00. The first-order chi connectivity index (χ1) is 13.7. The van der Waals surface area contributed by atoms with Crippen LogP contribution in [0.5, 0.6) is 0 Å². The monoisotopic (exact) mass is 388 g/mol. The van der Waals surface area contributed by atoms with Crippen LogP contribution in [0.15, 0.2) is 24.3 Å². The number of amides is 1. The van der Waals surface area contributed by atoms with Crippen LogP contribution < -0.4 is 10.2 Å². The second kappa shape index (κ2) is 11.1. The minimum atomic E-state index is -0.306. The second-order valence-corrected chi connectivity index (χ2v) is 7.75. The zero-order valence-electron chi connectivity index (χ0n) is 16.7. The summed E-state index contributed by atoms with van der Waals surface area (Å²) in [6.45, 7) is 3.01. The Hall–Kier alpha value is -2.08. The van der Waals surface area contributed by atoms with Crippen molar-refractivity contribution >= 4 is 23.3 Å². The third kappa shape index (κ3) is 6.82. The summed E-state index contributed by atoms with van der Waals surface area (Å²) in [5.41, 5.74) is 1.82. The zero-order valence-corrected chi connectivity index (χ0v) is 16.7. The summed E-state index contributed by atoms with van der Waals surface area (Å²) in [6.07, 6.45) is 8.93. The molecule has 1 N–H and O–H groups in total. The molecule has 3 rings (SSSR count). The van der Waals surface area contributed by atoms with Crippen molar-refractivity contribution in [1.82, 2.24) is 0 Å². The zero-order chi connectivity index (χ0) is 19.6. The number of carbonyl (C=O) groups is 2. The average molecular weight is 389 g/mol. The number of benzene rings is 1. The number of hydrogen-bond acceptors (Lipinski definition) is 5. The molecular formula is C22H32N2O4. The van der Waals surface area contributed by atoms with Gasteiger partial charge in [-0.1, -0.05) is 32.1 Å². The van der Waals surface area contributed by atoms with E-state index < -0.39 is 0 Å². The molecule has 1 saturated heterocycles. The van der Waals surface area contributed by atoms with Gasteiger partial charge in [-0.3, -0.25) is 9.59 Å². The Labute approximate surface area is 167 Å². The summed E-state index contributed by atoms with van der Waals surface area (Å²) in [4.78, 5) is 26.1. The highest BCUT2D eigenvalue weighted by Gasteiger charge is 2.15. The van der Waals surface area contributed by atoms with Crippen LogP contribution in [0.4, 0.5) is 11.4 Å². The summed E-state index contributed by atoms with van der Waals surface area (Å²) in [5.74, 6) is 0.179. The van der Waals surface area contributed by atoms with E-state index in [-0.39, 0.29) is 18.5 Å². The van der Waals surface area contributed by atoms with Gasteiger partial charge in [-0.05, 0) is 43.0 Å². The van der Waals surface area contributed by atoms with Crippen molar-refractivity contribution in [3.8, 4) is 0 Å². The van der Waals surface area contributed by atoms with Gasteiger partial charge in [0.25, 0.3) is 5.91 Å². The van der Waals surface area contributed by atoms with Crippen LogP contribution in [0.2, 0.25) is 0 Å². The molecule has 154 valence electrons. The quantitative estimate of drug-likeness (QED) is 0.687. The lowest BCUT2D eigenvalue weighted by Crippen LogP contribution is -2.36. The lowest BCUT2D eigenvalue weighted by atomic mass is 9.86. The molecule has 0 spiro atoms. The van der Waals surface area contributed by atoms with Gasteiger partial charge in [0.05, 0.1) is 13.2 Å². The van der Waals surface area contributed by atoms with Crippen molar-refractivity contribution < 1.29 is 19.1 Å². The molecule has 1 saturated carbocycles. The third-order valence-corrected chi connectivity index (χ3v) is 5.61. The van der Waals surface area contributed by atoms with Crippen LogP contribution in [0.25, 0.3) is 0 Å². The molecule has 2 fully saturated rings. The highest BCUT2D eigenvalue weighted by molar-refractivity contribution is 5.92. The van der Waals surface area contributed by atoms with Crippen molar-refractivity contribution in [2.75, 3.05) is 43.1 Å². The number of ether oxygens (including phenoxy) is 2. The summed E-state index contributed by atoms with van der Waals surface area (Å²) in [5, 5.41) is 2.78. The maximum atomic E-state index is 12.0. The SMILES string of the molecule is O=C(COC(=O)CCCC1CCCCC1)Nc1ccc(N2CCOCC2)cc1. The molecule has 1 aromatic carbocycles. The number of nitrogens with one attached hydrogen (secondary N) is 1. The first-order valence-corrected chi connectivity index (χ1v) is 10.6. The van der Waals surface area contributed by atoms with Crippen LogP contribution in [0.3, 0.4) is 0 Å². The van der Waals surface area contributed by atoms with Crippen molar-refractivity contribution in [3.63, 3.8) is 0 Å². The van der Waals surface area contributed by atoms with Crippen LogP contribution in [-0.2, 0) is 19.1 Å². The van der Waals surface area contributed by atoms with Gasteiger partial charge >= 0.3 is 5.97 Å². The van der Waals surface area contributed by atoms with Gasteiger partial charge in [-0.2, -0.15) is 0 Å². The second-order valence-electron chi connectivity index (χ2n) is 7.75. The highest BCUT2D eigenvalue weighted by atomic mass is 16.5. The number of anilines is 2.